The van der Waals surface area contributed by atoms with Crippen LogP contribution in [0.5, 0.6) is 0 Å². The number of rotatable bonds is 2. The van der Waals surface area contributed by atoms with Crippen molar-refractivity contribution in [2.75, 3.05) is 12.0 Å². The molecule has 102 valence electrons. The van der Waals surface area contributed by atoms with Crippen molar-refractivity contribution in [3.63, 3.8) is 0 Å². The van der Waals surface area contributed by atoms with Gasteiger partial charge in [-0.2, -0.15) is 18.3 Å². The first-order chi connectivity index (χ1) is 8.98. The van der Waals surface area contributed by atoms with Gasteiger partial charge in [-0.15, -0.1) is 0 Å². The molecule has 7 heteroatoms. The van der Waals surface area contributed by atoms with E-state index in [9.17, 15) is 18.0 Å². The highest BCUT2D eigenvalue weighted by Crippen LogP contribution is 2.34. The number of nitrogens with zero attached hydrogens (tertiary/aromatic N) is 1. The van der Waals surface area contributed by atoms with E-state index in [1.165, 1.54) is 18.2 Å². The Hall–Kier alpha value is -2.05. The fraction of sp³-hybridized carbons (Fsp3) is 0.333. The predicted molar refractivity (Wildman–Crippen MR) is 64.7 cm³/mol. The summed E-state index contributed by atoms with van der Waals surface area (Å²) in [6, 6.07) is 5.00. The number of carbonyl (C=O) groups is 1. The molecule has 4 nitrogen and oxygen atoms in total. The molecule has 0 bridgehead atoms. The summed E-state index contributed by atoms with van der Waals surface area (Å²) in [6.07, 6.45) is -3.28. The fourth-order valence-electron chi connectivity index (χ4n) is 1.74. The van der Waals surface area contributed by atoms with Gasteiger partial charge in [0.2, 0.25) is 0 Å². The Balaban J connectivity index is 2.20. The molecule has 1 amide bonds. The van der Waals surface area contributed by atoms with Crippen molar-refractivity contribution in [1.29, 1.82) is 0 Å². The molecule has 0 atom stereocenters. The molecule has 0 aromatic heterocycles. The van der Waals surface area contributed by atoms with Gasteiger partial charge in [0, 0.05) is 6.54 Å². The van der Waals surface area contributed by atoms with Gasteiger partial charge in [0.25, 0.3) is 5.91 Å². The van der Waals surface area contributed by atoms with E-state index < -0.39 is 11.7 Å². The third-order valence-corrected chi connectivity index (χ3v) is 2.68. The molecule has 0 radical (unpaired) electrons. The van der Waals surface area contributed by atoms with Crippen LogP contribution in [0.4, 0.5) is 18.9 Å². The van der Waals surface area contributed by atoms with Gasteiger partial charge in [-0.25, -0.2) is 0 Å². The second kappa shape index (κ2) is 5.29. The number of amides is 1. The van der Waals surface area contributed by atoms with Crippen molar-refractivity contribution in [3.8, 4) is 0 Å². The van der Waals surface area contributed by atoms with E-state index in [0.717, 1.165) is 12.5 Å². The molecule has 2 N–H and O–H groups in total. The number of para-hydroxylation sites is 1. The molecule has 1 heterocycles. The maximum atomic E-state index is 12.7. The van der Waals surface area contributed by atoms with Gasteiger partial charge in [-0.05, 0) is 25.0 Å². The molecule has 1 fully saturated rings. The molecular formula is C12H12F3N3O. The SMILES string of the molecule is O=C1NCCCC1=NNc1ccccc1C(F)(F)F. The van der Waals surface area contributed by atoms with E-state index in [1.54, 1.807) is 0 Å². The maximum absolute atomic E-state index is 12.7. The first kappa shape index (κ1) is 13.4. The van der Waals surface area contributed by atoms with Crippen LogP contribution in [0.3, 0.4) is 0 Å². The number of alkyl halides is 3. The standard InChI is InChI=1S/C12H12F3N3O/c13-12(14,15)8-4-1-2-5-9(8)17-18-10-6-3-7-16-11(10)19/h1-2,4-5,17H,3,6-7H2,(H,16,19). The van der Waals surface area contributed by atoms with Gasteiger partial charge in [-0.3, -0.25) is 10.2 Å². The molecule has 1 aliphatic heterocycles. The minimum atomic E-state index is -4.46. The van der Waals surface area contributed by atoms with Crippen molar-refractivity contribution >= 4 is 17.3 Å². The molecule has 0 aliphatic carbocycles. The molecule has 0 saturated carbocycles. The van der Waals surface area contributed by atoms with Gasteiger partial charge >= 0.3 is 6.18 Å². The van der Waals surface area contributed by atoms with Gasteiger partial charge in [0.15, 0.2) is 0 Å². The van der Waals surface area contributed by atoms with Crippen LogP contribution in [0.1, 0.15) is 18.4 Å². The van der Waals surface area contributed by atoms with Crippen LogP contribution in [-0.2, 0) is 11.0 Å². The zero-order chi connectivity index (χ0) is 13.9. The van der Waals surface area contributed by atoms with Gasteiger partial charge in [0.1, 0.15) is 5.71 Å². The fourth-order valence-corrected chi connectivity index (χ4v) is 1.74. The van der Waals surface area contributed by atoms with E-state index in [-0.39, 0.29) is 17.3 Å². The Labute approximate surface area is 107 Å². The second-order valence-corrected chi connectivity index (χ2v) is 4.07. The summed E-state index contributed by atoms with van der Waals surface area (Å²) in [4.78, 5) is 11.4. The summed E-state index contributed by atoms with van der Waals surface area (Å²) in [6.45, 7) is 0.566. The van der Waals surface area contributed by atoms with Crippen LogP contribution in [0.25, 0.3) is 0 Å². The third-order valence-electron chi connectivity index (χ3n) is 2.68. The van der Waals surface area contributed by atoms with E-state index >= 15 is 0 Å². The number of hydrazone groups is 1. The number of hydrogen-bond acceptors (Lipinski definition) is 3. The minimum Gasteiger partial charge on any atom is -0.351 e. The van der Waals surface area contributed by atoms with Crippen molar-refractivity contribution in [2.45, 2.75) is 19.0 Å². The lowest BCUT2D eigenvalue weighted by molar-refractivity contribution is -0.137. The number of nitrogens with one attached hydrogen (secondary N) is 2. The first-order valence-electron chi connectivity index (χ1n) is 5.75. The topological polar surface area (TPSA) is 53.5 Å². The molecule has 1 aliphatic rings. The minimum absolute atomic E-state index is 0.166. The lowest BCUT2D eigenvalue weighted by atomic mass is 10.1. The molecule has 0 spiro atoms. The average molecular weight is 271 g/mol. The molecule has 0 unspecified atom stereocenters. The van der Waals surface area contributed by atoms with Gasteiger partial charge in [-0.1, -0.05) is 12.1 Å². The van der Waals surface area contributed by atoms with E-state index in [0.29, 0.717) is 13.0 Å². The zero-order valence-corrected chi connectivity index (χ0v) is 9.92. The molecule has 1 aromatic rings. The molecule has 1 saturated heterocycles. The normalized spacial score (nSPS) is 18.3. The number of piperidine rings is 1. The van der Waals surface area contributed by atoms with Crippen LogP contribution in [0.15, 0.2) is 29.4 Å². The van der Waals surface area contributed by atoms with E-state index in [4.69, 9.17) is 0 Å². The number of anilines is 1. The van der Waals surface area contributed by atoms with Crippen LogP contribution < -0.4 is 10.7 Å². The molecule has 19 heavy (non-hydrogen) atoms. The number of halogens is 3. The maximum Gasteiger partial charge on any atom is 0.418 e. The summed E-state index contributed by atoms with van der Waals surface area (Å²) in [7, 11) is 0. The van der Waals surface area contributed by atoms with E-state index in [2.05, 4.69) is 15.8 Å². The van der Waals surface area contributed by atoms with Crippen LogP contribution in [0.2, 0.25) is 0 Å². The second-order valence-electron chi connectivity index (χ2n) is 4.07. The molecule has 2 rings (SSSR count). The van der Waals surface area contributed by atoms with Crippen molar-refractivity contribution in [1.82, 2.24) is 5.32 Å². The largest absolute Gasteiger partial charge is 0.418 e. The van der Waals surface area contributed by atoms with Crippen molar-refractivity contribution in [3.05, 3.63) is 29.8 Å². The van der Waals surface area contributed by atoms with Crippen molar-refractivity contribution in [2.24, 2.45) is 5.10 Å². The summed E-state index contributed by atoms with van der Waals surface area (Å²) in [5, 5.41) is 6.34. The lowest BCUT2D eigenvalue weighted by Crippen LogP contribution is -2.37. The number of hydrogen-bond donors (Lipinski definition) is 2. The summed E-state index contributed by atoms with van der Waals surface area (Å²) < 4.78 is 38.2. The summed E-state index contributed by atoms with van der Waals surface area (Å²) in [5.41, 5.74) is 1.56. The quantitative estimate of drug-likeness (QED) is 0.811. The average Bonchev–Trinajstić information content (AvgIpc) is 2.37. The van der Waals surface area contributed by atoms with Crippen LogP contribution in [0, 0.1) is 0 Å². The van der Waals surface area contributed by atoms with Gasteiger partial charge in [0.05, 0.1) is 11.3 Å². The molecule has 1 aromatic carbocycles. The van der Waals surface area contributed by atoms with Crippen LogP contribution >= 0.6 is 0 Å². The Kier molecular flexibility index (Phi) is 3.73. The lowest BCUT2D eigenvalue weighted by Gasteiger charge is -2.15. The Morgan fingerprint density at radius 2 is 2.00 bits per heavy atom. The van der Waals surface area contributed by atoms with Crippen molar-refractivity contribution < 1.29 is 18.0 Å². The Morgan fingerprint density at radius 3 is 2.68 bits per heavy atom. The monoisotopic (exact) mass is 271 g/mol. The summed E-state index contributed by atoms with van der Waals surface area (Å²) >= 11 is 0. The van der Waals surface area contributed by atoms with Gasteiger partial charge < -0.3 is 5.32 Å². The smallest absolute Gasteiger partial charge is 0.351 e. The first-order valence-corrected chi connectivity index (χ1v) is 5.75. The summed E-state index contributed by atoms with van der Waals surface area (Å²) in [5.74, 6) is -0.344. The number of benzene rings is 1. The highest BCUT2D eigenvalue weighted by atomic mass is 19.4. The highest BCUT2D eigenvalue weighted by molar-refractivity contribution is 6.39. The Morgan fingerprint density at radius 1 is 1.26 bits per heavy atom. The number of carbonyl (C=O) groups excluding carboxylic acids is 1. The van der Waals surface area contributed by atoms with Crippen LogP contribution in [-0.4, -0.2) is 18.2 Å². The zero-order valence-electron chi connectivity index (χ0n) is 9.92. The third kappa shape index (κ3) is 3.24. The molecular weight excluding hydrogens is 259 g/mol. The highest BCUT2D eigenvalue weighted by Gasteiger charge is 2.33. The Bertz CT molecular complexity index is 511. The van der Waals surface area contributed by atoms with E-state index in [1.807, 2.05) is 0 Å². The predicted octanol–water partition coefficient (Wildman–Crippen LogP) is 2.38.